The third-order valence-electron chi connectivity index (χ3n) is 15.0. The number of hydrogen-bond donors (Lipinski definition) is 0. The molecule has 0 radical (unpaired) electrons. The van der Waals surface area contributed by atoms with E-state index < -0.39 is 0 Å². The number of rotatable bonds is 6. The zero-order chi connectivity index (χ0) is 46.6. The highest BCUT2D eigenvalue weighted by Gasteiger charge is 2.20. The SMILES string of the molecule is c1ccc(-n2c3ccc(-c4ccc5c(c4)c4cc(-c6cccc7ccccc67)ccc4n5-c4ccc5c6ccccc6n(-c6ccccc6)c5c4)cc3c3cc(-c4cccc5ccccc45)ccc32)cc1. The van der Waals surface area contributed by atoms with Crippen molar-refractivity contribution in [3.8, 4) is 50.4 Å². The lowest BCUT2D eigenvalue weighted by atomic mass is 9.96. The molecule has 0 N–H and O–H groups in total. The highest BCUT2D eigenvalue weighted by molar-refractivity contribution is 6.16. The van der Waals surface area contributed by atoms with E-state index in [4.69, 9.17) is 0 Å². The Labute approximate surface area is 409 Å². The molecule has 0 bridgehead atoms. The second-order valence-electron chi connectivity index (χ2n) is 18.9. The summed E-state index contributed by atoms with van der Waals surface area (Å²) in [6.07, 6.45) is 0. The molecule has 0 aliphatic rings. The summed E-state index contributed by atoms with van der Waals surface area (Å²) in [4.78, 5) is 0. The molecule has 0 amide bonds. The Hall–Kier alpha value is -9.44. The molecule has 0 fully saturated rings. The van der Waals surface area contributed by atoms with Crippen LogP contribution in [0.15, 0.2) is 261 Å². The van der Waals surface area contributed by atoms with Gasteiger partial charge < -0.3 is 13.7 Å². The van der Waals surface area contributed by atoms with E-state index in [0.717, 1.165) is 17.1 Å². The molecule has 3 nitrogen and oxygen atoms in total. The first-order valence-corrected chi connectivity index (χ1v) is 24.5. The second-order valence-corrected chi connectivity index (χ2v) is 18.9. The Kier molecular flexibility index (Phi) is 8.66. The van der Waals surface area contributed by atoms with Crippen molar-refractivity contribution < 1.29 is 0 Å². The van der Waals surface area contributed by atoms with Gasteiger partial charge in [-0.25, -0.2) is 0 Å². The van der Waals surface area contributed by atoms with Crippen LogP contribution in [0.3, 0.4) is 0 Å². The first kappa shape index (κ1) is 39.5. The molecule has 330 valence electrons. The fourth-order valence-corrected chi connectivity index (χ4v) is 11.8. The van der Waals surface area contributed by atoms with Crippen LogP contribution in [0.5, 0.6) is 0 Å². The topological polar surface area (TPSA) is 14.8 Å². The minimum absolute atomic E-state index is 1.13. The average Bonchev–Trinajstić information content (AvgIpc) is 4.07. The summed E-state index contributed by atoms with van der Waals surface area (Å²) in [5, 5.41) is 12.4. The van der Waals surface area contributed by atoms with Crippen molar-refractivity contribution in [2.24, 2.45) is 0 Å². The van der Waals surface area contributed by atoms with Crippen LogP contribution in [0.1, 0.15) is 0 Å². The van der Waals surface area contributed by atoms with Gasteiger partial charge in [-0.15, -0.1) is 0 Å². The largest absolute Gasteiger partial charge is 0.309 e. The normalized spacial score (nSPS) is 11.9. The van der Waals surface area contributed by atoms with Gasteiger partial charge in [-0.2, -0.15) is 0 Å². The lowest BCUT2D eigenvalue weighted by Crippen LogP contribution is -1.97. The lowest BCUT2D eigenvalue weighted by Gasteiger charge is -2.12. The molecule has 15 rings (SSSR count). The van der Waals surface area contributed by atoms with Crippen LogP contribution in [0, 0.1) is 0 Å². The molecule has 15 aromatic rings. The minimum Gasteiger partial charge on any atom is -0.309 e. The minimum atomic E-state index is 1.13. The number of nitrogens with zero attached hydrogens (tertiary/aromatic N) is 3. The first-order valence-electron chi connectivity index (χ1n) is 24.5. The number of aromatic nitrogens is 3. The molecule has 0 atom stereocenters. The summed E-state index contributed by atoms with van der Waals surface area (Å²) < 4.78 is 7.30. The van der Waals surface area contributed by atoms with Crippen LogP contribution in [-0.2, 0) is 0 Å². The Morgan fingerprint density at radius 1 is 0.183 bits per heavy atom. The molecule has 3 heterocycles. The van der Waals surface area contributed by atoms with E-state index in [0.29, 0.717) is 0 Å². The summed E-state index contributed by atoms with van der Waals surface area (Å²) in [6, 6.07) is 96.2. The quantitative estimate of drug-likeness (QED) is 0.158. The Bertz CT molecular complexity index is 4620. The second kappa shape index (κ2) is 15.5. The fraction of sp³-hybridized carbons (Fsp3) is 0. The summed E-state index contributed by atoms with van der Waals surface area (Å²) in [7, 11) is 0. The Morgan fingerprint density at radius 2 is 0.549 bits per heavy atom. The van der Waals surface area contributed by atoms with Gasteiger partial charge in [-0.3, -0.25) is 0 Å². The predicted molar refractivity (Wildman–Crippen MR) is 301 cm³/mol. The van der Waals surface area contributed by atoms with Crippen LogP contribution >= 0.6 is 0 Å². The van der Waals surface area contributed by atoms with Crippen molar-refractivity contribution in [1.29, 1.82) is 0 Å². The molecular formula is C68H43N3. The maximum absolute atomic E-state index is 2.47. The zero-order valence-electron chi connectivity index (χ0n) is 38.7. The molecule has 0 saturated carbocycles. The van der Waals surface area contributed by atoms with Gasteiger partial charge in [0.25, 0.3) is 0 Å². The standard InChI is InChI=1S/C68H43N3/c1-3-19-50(20-4-1)69-64-35-29-46(39-59(64)61-41-48(31-37-65(61)69)55-26-13-17-44-15-7-9-23-53(44)55)47-30-36-66-60(40-47)62-42-49(56-27-14-18-45-16-8-10-24-54(45)56)32-38-67(62)71(66)52-33-34-58-57-25-11-12-28-63(57)70(68(58)43-52)51-21-5-2-6-22-51/h1-43H. The molecule has 0 unspecified atom stereocenters. The third-order valence-corrected chi connectivity index (χ3v) is 15.0. The van der Waals surface area contributed by atoms with E-state index in [2.05, 4.69) is 275 Å². The summed E-state index contributed by atoms with van der Waals surface area (Å²) in [5.41, 5.74) is 17.8. The van der Waals surface area contributed by atoms with E-state index in [-0.39, 0.29) is 0 Å². The van der Waals surface area contributed by atoms with E-state index >= 15 is 0 Å². The highest BCUT2D eigenvalue weighted by atomic mass is 15.0. The molecule has 71 heavy (non-hydrogen) atoms. The van der Waals surface area contributed by atoms with Gasteiger partial charge in [-0.05, 0) is 146 Å². The Morgan fingerprint density at radius 3 is 1.07 bits per heavy atom. The number of benzene rings is 12. The number of hydrogen-bond acceptors (Lipinski definition) is 0. The molecule has 12 aromatic carbocycles. The van der Waals surface area contributed by atoms with Crippen molar-refractivity contribution in [2.75, 3.05) is 0 Å². The van der Waals surface area contributed by atoms with E-state index in [9.17, 15) is 0 Å². The van der Waals surface area contributed by atoms with Gasteiger partial charge >= 0.3 is 0 Å². The molecule has 0 saturated heterocycles. The van der Waals surface area contributed by atoms with Crippen LogP contribution in [0.4, 0.5) is 0 Å². The van der Waals surface area contributed by atoms with Crippen LogP contribution in [0.25, 0.3) is 137 Å². The van der Waals surface area contributed by atoms with Crippen molar-refractivity contribution in [2.45, 2.75) is 0 Å². The van der Waals surface area contributed by atoms with Crippen molar-refractivity contribution >= 4 is 87.0 Å². The van der Waals surface area contributed by atoms with E-state index in [1.165, 1.54) is 120 Å². The lowest BCUT2D eigenvalue weighted by molar-refractivity contribution is 1.15. The van der Waals surface area contributed by atoms with E-state index in [1.807, 2.05) is 0 Å². The van der Waals surface area contributed by atoms with Gasteiger partial charge in [0.15, 0.2) is 0 Å². The van der Waals surface area contributed by atoms with Crippen LogP contribution in [-0.4, -0.2) is 13.7 Å². The van der Waals surface area contributed by atoms with Gasteiger partial charge in [0, 0.05) is 49.4 Å². The van der Waals surface area contributed by atoms with Crippen molar-refractivity contribution in [3.63, 3.8) is 0 Å². The molecule has 0 aliphatic carbocycles. The maximum Gasteiger partial charge on any atom is 0.0561 e. The van der Waals surface area contributed by atoms with Gasteiger partial charge in [0.05, 0.1) is 33.1 Å². The van der Waals surface area contributed by atoms with E-state index in [1.54, 1.807) is 0 Å². The van der Waals surface area contributed by atoms with Gasteiger partial charge in [-0.1, -0.05) is 170 Å². The van der Waals surface area contributed by atoms with Crippen molar-refractivity contribution in [3.05, 3.63) is 261 Å². The summed E-state index contributed by atoms with van der Waals surface area (Å²) in [6.45, 7) is 0. The van der Waals surface area contributed by atoms with Gasteiger partial charge in [0.2, 0.25) is 0 Å². The monoisotopic (exact) mass is 901 g/mol. The maximum atomic E-state index is 2.47. The molecule has 0 spiro atoms. The molecular weight excluding hydrogens is 859 g/mol. The number of para-hydroxylation sites is 3. The average molecular weight is 902 g/mol. The number of fused-ring (bicyclic) bond motifs is 11. The van der Waals surface area contributed by atoms with Crippen LogP contribution < -0.4 is 0 Å². The zero-order valence-corrected chi connectivity index (χ0v) is 38.7. The first-order chi connectivity index (χ1) is 35.2. The fourth-order valence-electron chi connectivity index (χ4n) is 11.8. The molecule has 0 aliphatic heterocycles. The highest BCUT2D eigenvalue weighted by Crippen LogP contribution is 2.43. The molecule has 3 aromatic heterocycles. The van der Waals surface area contributed by atoms with Crippen LogP contribution in [0.2, 0.25) is 0 Å². The molecule has 3 heteroatoms. The Balaban J connectivity index is 0.963. The smallest absolute Gasteiger partial charge is 0.0561 e. The van der Waals surface area contributed by atoms with Gasteiger partial charge in [0.1, 0.15) is 0 Å². The van der Waals surface area contributed by atoms with Crippen molar-refractivity contribution in [1.82, 2.24) is 13.7 Å². The third kappa shape index (κ3) is 6.10. The predicted octanol–water partition coefficient (Wildman–Crippen LogP) is 18.3. The summed E-state index contributed by atoms with van der Waals surface area (Å²) >= 11 is 0. The summed E-state index contributed by atoms with van der Waals surface area (Å²) in [5.74, 6) is 0.